The highest BCUT2D eigenvalue weighted by Gasteiger charge is 2.28. The van der Waals surface area contributed by atoms with Crippen LogP contribution in [-0.4, -0.2) is 3.92 Å². The molecule has 0 unspecified atom stereocenters. The van der Waals surface area contributed by atoms with Crippen LogP contribution in [0.5, 0.6) is 0 Å². The van der Waals surface area contributed by atoms with E-state index in [2.05, 4.69) is 22.6 Å². The third-order valence-electron chi connectivity index (χ3n) is 4.20. The van der Waals surface area contributed by atoms with Gasteiger partial charge in [0.25, 0.3) is 0 Å². The van der Waals surface area contributed by atoms with Gasteiger partial charge in [0.05, 0.1) is 0 Å². The predicted octanol–water partition coefficient (Wildman–Crippen LogP) is 4.95. The first kappa shape index (κ1) is 11.2. The Balaban J connectivity index is 1.82. The monoisotopic (exact) mass is 306 g/mol. The molecule has 2 rings (SSSR count). The zero-order chi connectivity index (χ0) is 9.80. The van der Waals surface area contributed by atoms with Crippen LogP contribution in [0.3, 0.4) is 0 Å². The minimum absolute atomic E-state index is 1.01. The molecule has 82 valence electrons. The third kappa shape index (κ3) is 2.86. The highest BCUT2D eigenvalue weighted by Crippen LogP contribution is 2.39. The molecule has 0 aromatic carbocycles. The van der Waals surface area contributed by atoms with Crippen LogP contribution in [0.15, 0.2) is 0 Å². The van der Waals surface area contributed by atoms with Crippen LogP contribution in [-0.2, 0) is 0 Å². The Kier molecular flexibility index (Phi) is 4.58. The molecule has 2 aliphatic rings. The topological polar surface area (TPSA) is 0 Å². The maximum Gasteiger partial charge on any atom is 0.0166 e. The van der Waals surface area contributed by atoms with Crippen molar-refractivity contribution < 1.29 is 0 Å². The van der Waals surface area contributed by atoms with Crippen molar-refractivity contribution in [1.29, 1.82) is 0 Å². The predicted molar refractivity (Wildman–Crippen MR) is 71.0 cm³/mol. The molecule has 0 aliphatic heterocycles. The van der Waals surface area contributed by atoms with Gasteiger partial charge in [0.15, 0.2) is 0 Å². The van der Waals surface area contributed by atoms with Crippen molar-refractivity contribution in [2.24, 2.45) is 11.8 Å². The summed E-state index contributed by atoms with van der Waals surface area (Å²) in [4.78, 5) is 0. The Hall–Kier alpha value is 0.730. The van der Waals surface area contributed by atoms with Crippen molar-refractivity contribution in [1.82, 2.24) is 0 Å². The molecule has 0 radical (unpaired) electrons. The van der Waals surface area contributed by atoms with Crippen molar-refractivity contribution in [2.75, 3.05) is 0 Å². The van der Waals surface area contributed by atoms with Crippen molar-refractivity contribution >= 4 is 22.6 Å². The molecular formula is C13H23I. The third-order valence-corrected chi connectivity index (χ3v) is 6.23. The van der Waals surface area contributed by atoms with E-state index < -0.39 is 0 Å². The van der Waals surface area contributed by atoms with Crippen LogP contribution in [0, 0.1) is 11.8 Å². The second kappa shape index (κ2) is 5.72. The zero-order valence-corrected chi connectivity index (χ0v) is 11.3. The number of rotatable bonds is 2. The van der Waals surface area contributed by atoms with Crippen LogP contribution in [0.25, 0.3) is 0 Å². The van der Waals surface area contributed by atoms with E-state index in [0.717, 1.165) is 15.8 Å². The van der Waals surface area contributed by atoms with E-state index in [1.54, 1.807) is 0 Å². The number of hydrogen-bond donors (Lipinski definition) is 0. The largest absolute Gasteiger partial charge is 0.0820 e. The lowest BCUT2D eigenvalue weighted by Gasteiger charge is -2.34. The highest BCUT2D eigenvalue weighted by molar-refractivity contribution is 14.1. The molecule has 14 heavy (non-hydrogen) atoms. The fraction of sp³-hybridized carbons (Fsp3) is 1.00. The molecule has 0 N–H and O–H groups in total. The van der Waals surface area contributed by atoms with Gasteiger partial charge in [-0.05, 0) is 37.5 Å². The van der Waals surface area contributed by atoms with E-state index in [4.69, 9.17) is 0 Å². The number of halogens is 1. The fourth-order valence-electron chi connectivity index (χ4n) is 3.29. The van der Waals surface area contributed by atoms with Crippen molar-refractivity contribution in [3.63, 3.8) is 0 Å². The molecular weight excluding hydrogens is 283 g/mol. The van der Waals surface area contributed by atoms with Crippen LogP contribution in [0.1, 0.15) is 64.2 Å². The van der Waals surface area contributed by atoms with Crippen molar-refractivity contribution in [3.8, 4) is 0 Å². The summed E-state index contributed by atoms with van der Waals surface area (Å²) >= 11 is 2.78. The van der Waals surface area contributed by atoms with Gasteiger partial charge >= 0.3 is 0 Å². The van der Waals surface area contributed by atoms with Gasteiger partial charge in [0.1, 0.15) is 0 Å². The van der Waals surface area contributed by atoms with Crippen LogP contribution in [0.2, 0.25) is 0 Å². The Morgan fingerprint density at radius 3 is 1.36 bits per heavy atom. The van der Waals surface area contributed by atoms with Gasteiger partial charge in [-0.25, -0.2) is 0 Å². The summed E-state index contributed by atoms with van der Waals surface area (Å²) in [6.07, 6.45) is 15.2. The summed E-state index contributed by atoms with van der Waals surface area (Å²) < 4.78 is 1.01. The Morgan fingerprint density at radius 2 is 1.00 bits per heavy atom. The van der Waals surface area contributed by atoms with Crippen LogP contribution >= 0.6 is 22.6 Å². The smallest absolute Gasteiger partial charge is 0.0166 e. The molecule has 0 nitrogen and oxygen atoms in total. The van der Waals surface area contributed by atoms with E-state index >= 15 is 0 Å². The van der Waals surface area contributed by atoms with Gasteiger partial charge < -0.3 is 0 Å². The Labute approximate surface area is 102 Å². The van der Waals surface area contributed by atoms with Gasteiger partial charge in [0, 0.05) is 3.92 Å². The molecule has 2 aliphatic carbocycles. The molecule has 1 heteroatoms. The maximum atomic E-state index is 2.78. The van der Waals surface area contributed by atoms with E-state index in [1.807, 2.05) is 0 Å². The normalized spacial score (nSPS) is 27.0. The first-order valence-electron chi connectivity index (χ1n) is 6.52. The lowest BCUT2D eigenvalue weighted by atomic mass is 9.78. The molecule has 0 amide bonds. The van der Waals surface area contributed by atoms with E-state index in [1.165, 1.54) is 64.2 Å². The standard InChI is InChI=1S/C13H23I/c14-13(11-7-3-1-4-8-11)12-9-5-2-6-10-12/h11-13H,1-10H2. The molecule has 0 aromatic heterocycles. The van der Waals surface area contributed by atoms with Gasteiger partial charge in [0.2, 0.25) is 0 Å². The molecule has 2 saturated carbocycles. The SMILES string of the molecule is IC(C1CCCCC1)C1CCCCC1. The lowest BCUT2D eigenvalue weighted by molar-refractivity contribution is 0.264. The van der Waals surface area contributed by atoms with Crippen molar-refractivity contribution in [3.05, 3.63) is 0 Å². The second-order valence-electron chi connectivity index (χ2n) is 5.24. The summed E-state index contributed by atoms with van der Waals surface area (Å²) in [5.74, 6) is 2.15. The number of alkyl halides is 1. The molecule has 0 bridgehead atoms. The molecule has 0 atom stereocenters. The molecule has 0 saturated heterocycles. The van der Waals surface area contributed by atoms with E-state index in [0.29, 0.717) is 0 Å². The maximum absolute atomic E-state index is 2.78. The summed E-state index contributed by atoms with van der Waals surface area (Å²) in [5, 5.41) is 0. The molecule has 0 aromatic rings. The van der Waals surface area contributed by atoms with Crippen LogP contribution < -0.4 is 0 Å². The molecule has 0 heterocycles. The zero-order valence-electron chi connectivity index (χ0n) is 9.18. The minimum atomic E-state index is 1.01. The van der Waals surface area contributed by atoms with Gasteiger partial charge in [-0.2, -0.15) is 0 Å². The lowest BCUT2D eigenvalue weighted by Crippen LogP contribution is -2.27. The van der Waals surface area contributed by atoms with Crippen LogP contribution in [0.4, 0.5) is 0 Å². The Bertz CT molecular complexity index is 137. The second-order valence-corrected chi connectivity index (χ2v) is 6.68. The number of hydrogen-bond acceptors (Lipinski definition) is 0. The highest BCUT2D eigenvalue weighted by atomic mass is 127. The summed E-state index contributed by atoms with van der Waals surface area (Å²) in [6, 6.07) is 0. The first-order valence-corrected chi connectivity index (χ1v) is 7.76. The van der Waals surface area contributed by atoms with E-state index in [9.17, 15) is 0 Å². The van der Waals surface area contributed by atoms with Gasteiger partial charge in [-0.1, -0.05) is 61.1 Å². The van der Waals surface area contributed by atoms with Gasteiger partial charge in [-0.15, -0.1) is 0 Å². The molecule has 0 spiro atoms. The average molecular weight is 306 g/mol. The quantitative estimate of drug-likeness (QED) is 0.500. The average Bonchev–Trinajstić information content (AvgIpc) is 2.30. The summed E-state index contributed by atoms with van der Waals surface area (Å²) in [7, 11) is 0. The first-order chi connectivity index (χ1) is 6.88. The fourth-order valence-corrected chi connectivity index (χ4v) is 4.73. The van der Waals surface area contributed by atoms with Gasteiger partial charge in [-0.3, -0.25) is 0 Å². The van der Waals surface area contributed by atoms with Crippen molar-refractivity contribution in [2.45, 2.75) is 68.1 Å². The Morgan fingerprint density at radius 1 is 0.643 bits per heavy atom. The minimum Gasteiger partial charge on any atom is -0.0820 e. The van der Waals surface area contributed by atoms with E-state index in [-0.39, 0.29) is 0 Å². The molecule has 2 fully saturated rings. The summed E-state index contributed by atoms with van der Waals surface area (Å²) in [6.45, 7) is 0. The summed E-state index contributed by atoms with van der Waals surface area (Å²) in [5.41, 5.74) is 0.